The molecule has 108 valence electrons. The molecule has 5 rings (SSSR count). The van der Waals surface area contributed by atoms with E-state index in [0.717, 1.165) is 23.7 Å². The minimum absolute atomic E-state index is 0.541. The lowest BCUT2D eigenvalue weighted by Gasteiger charge is -2.35. The number of halogens is 1. The van der Waals surface area contributed by atoms with Crippen LogP contribution in [0.2, 0.25) is 0 Å². The van der Waals surface area contributed by atoms with E-state index in [1.165, 1.54) is 48.6 Å². The molecule has 4 atom stereocenters. The summed E-state index contributed by atoms with van der Waals surface area (Å²) in [6.45, 7) is 4.64. The average molecular weight is 333 g/mol. The van der Waals surface area contributed by atoms with Crippen molar-refractivity contribution in [1.29, 1.82) is 0 Å². The summed E-state index contributed by atoms with van der Waals surface area (Å²) in [5.41, 5.74) is 3.72. The maximum atomic E-state index is 3.99. The van der Waals surface area contributed by atoms with Crippen LogP contribution in [-0.2, 0) is 11.8 Å². The van der Waals surface area contributed by atoms with Crippen LogP contribution in [0.1, 0.15) is 57.1 Å². The lowest BCUT2D eigenvalue weighted by Crippen LogP contribution is -2.28. The summed E-state index contributed by atoms with van der Waals surface area (Å²) in [4.78, 5) is 0. The predicted octanol–water partition coefficient (Wildman–Crippen LogP) is 5.73. The highest BCUT2D eigenvalue weighted by atomic mass is 79.9. The molecule has 2 unspecified atom stereocenters. The van der Waals surface area contributed by atoms with Crippen molar-refractivity contribution in [2.75, 3.05) is 0 Å². The van der Waals surface area contributed by atoms with Crippen molar-refractivity contribution >= 4 is 15.9 Å². The van der Waals surface area contributed by atoms with Gasteiger partial charge in [0.1, 0.15) is 0 Å². The van der Waals surface area contributed by atoms with E-state index in [4.69, 9.17) is 0 Å². The third-order valence-corrected chi connectivity index (χ3v) is 7.17. The maximum Gasteiger partial charge on any atom is 0.0245 e. The van der Waals surface area contributed by atoms with Gasteiger partial charge in [-0.1, -0.05) is 48.0 Å². The Balaban J connectivity index is 1.76. The van der Waals surface area contributed by atoms with Gasteiger partial charge < -0.3 is 0 Å². The fourth-order valence-corrected chi connectivity index (χ4v) is 6.62. The Kier molecular flexibility index (Phi) is 3.07. The van der Waals surface area contributed by atoms with Gasteiger partial charge in [0.2, 0.25) is 0 Å². The molecule has 0 aliphatic heterocycles. The number of benzene rings is 1. The van der Waals surface area contributed by atoms with Crippen LogP contribution in [0.3, 0.4) is 0 Å². The van der Waals surface area contributed by atoms with E-state index in [1.54, 1.807) is 5.56 Å². The molecule has 0 heterocycles. The van der Waals surface area contributed by atoms with Crippen molar-refractivity contribution in [3.8, 4) is 0 Å². The molecular weight excluding hydrogens is 308 g/mol. The first-order chi connectivity index (χ1) is 9.58. The van der Waals surface area contributed by atoms with Crippen LogP contribution in [-0.4, -0.2) is 0 Å². The molecule has 4 aliphatic carbocycles. The first kappa shape index (κ1) is 13.4. The van der Waals surface area contributed by atoms with E-state index in [0.29, 0.717) is 5.41 Å². The molecule has 4 saturated carbocycles. The normalized spacial score (nSPS) is 38.1. The van der Waals surface area contributed by atoms with E-state index in [1.807, 2.05) is 0 Å². The van der Waals surface area contributed by atoms with Gasteiger partial charge in [-0.2, -0.15) is 0 Å². The van der Waals surface area contributed by atoms with Crippen LogP contribution in [0.25, 0.3) is 0 Å². The first-order valence-corrected chi connectivity index (χ1v) is 9.15. The topological polar surface area (TPSA) is 0 Å². The van der Waals surface area contributed by atoms with E-state index >= 15 is 0 Å². The molecule has 0 spiro atoms. The Hall–Kier alpha value is -0.300. The molecule has 1 heteroatoms. The molecule has 1 aromatic carbocycles. The van der Waals surface area contributed by atoms with Crippen LogP contribution in [0.4, 0.5) is 0 Å². The van der Waals surface area contributed by atoms with E-state index in [-0.39, 0.29) is 0 Å². The largest absolute Gasteiger partial charge is 0.0625 e. The van der Waals surface area contributed by atoms with Gasteiger partial charge in [0.15, 0.2) is 0 Å². The number of rotatable bonds is 3. The molecule has 0 saturated heterocycles. The molecule has 1 aromatic rings. The summed E-state index contributed by atoms with van der Waals surface area (Å²) >= 11 is 3.99. The van der Waals surface area contributed by atoms with Crippen LogP contribution in [0.5, 0.6) is 0 Å². The van der Waals surface area contributed by atoms with Gasteiger partial charge in [0, 0.05) is 4.47 Å². The summed E-state index contributed by atoms with van der Waals surface area (Å²) < 4.78 is 1.45. The molecule has 20 heavy (non-hydrogen) atoms. The van der Waals surface area contributed by atoms with Crippen molar-refractivity contribution in [1.82, 2.24) is 0 Å². The fourth-order valence-electron chi connectivity index (χ4n) is 5.80. The summed E-state index contributed by atoms with van der Waals surface area (Å²) in [6.07, 6.45) is 8.69. The molecule has 0 amide bonds. The van der Waals surface area contributed by atoms with Gasteiger partial charge in [-0.15, -0.1) is 0 Å². The van der Waals surface area contributed by atoms with E-state index in [9.17, 15) is 0 Å². The summed E-state index contributed by atoms with van der Waals surface area (Å²) in [5, 5.41) is 0. The Morgan fingerprint density at radius 2 is 1.85 bits per heavy atom. The molecular formula is C19H25Br. The van der Waals surface area contributed by atoms with Crippen LogP contribution < -0.4 is 0 Å². The fraction of sp³-hybridized carbons (Fsp3) is 0.684. The Labute approximate surface area is 131 Å². The van der Waals surface area contributed by atoms with Crippen molar-refractivity contribution in [3.63, 3.8) is 0 Å². The number of hydrogen-bond acceptors (Lipinski definition) is 0. The molecule has 0 radical (unpaired) electrons. The zero-order valence-corrected chi connectivity index (χ0v) is 14.2. The highest BCUT2D eigenvalue weighted by molar-refractivity contribution is 9.10. The zero-order valence-electron chi connectivity index (χ0n) is 12.7. The highest BCUT2D eigenvalue weighted by Crippen LogP contribution is 2.66. The summed E-state index contributed by atoms with van der Waals surface area (Å²) in [6, 6.07) is 7.06. The second-order valence-corrected chi connectivity index (χ2v) is 8.87. The van der Waals surface area contributed by atoms with E-state index < -0.39 is 0 Å². The molecule has 4 bridgehead atoms. The lowest BCUT2D eigenvalue weighted by molar-refractivity contribution is 0.266. The Bertz CT molecular complexity index is 517. The molecule has 4 fully saturated rings. The highest BCUT2D eigenvalue weighted by Gasteiger charge is 2.58. The Morgan fingerprint density at radius 3 is 2.50 bits per heavy atom. The second-order valence-electron chi connectivity index (χ2n) is 8.08. The monoisotopic (exact) mass is 332 g/mol. The molecule has 0 N–H and O–H groups in total. The maximum absolute atomic E-state index is 3.99. The molecule has 0 aromatic heterocycles. The Morgan fingerprint density at radius 1 is 1.15 bits per heavy atom. The average Bonchev–Trinajstić information content (AvgIpc) is 2.77. The first-order valence-electron chi connectivity index (χ1n) is 8.36. The van der Waals surface area contributed by atoms with Gasteiger partial charge in [0.05, 0.1) is 0 Å². The van der Waals surface area contributed by atoms with Crippen molar-refractivity contribution in [2.24, 2.45) is 23.7 Å². The van der Waals surface area contributed by atoms with Gasteiger partial charge in [0.25, 0.3) is 0 Å². The molecule has 4 aliphatic rings. The predicted molar refractivity (Wildman–Crippen MR) is 87.9 cm³/mol. The van der Waals surface area contributed by atoms with Gasteiger partial charge >= 0.3 is 0 Å². The third kappa shape index (κ3) is 1.85. The smallest absolute Gasteiger partial charge is 0.0245 e. The third-order valence-electron chi connectivity index (χ3n) is 6.23. The number of hydrogen-bond donors (Lipinski definition) is 0. The summed E-state index contributed by atoms with van der Waals surface area (Å²) in [7, 11) is 0. The quantitative estimate of drug-likeness (QED) is 0.663. The van der Waals surface area contributed by atoms with Gasteiger partial charge in [-0.05, 0) is 78.7 Å². The van der Waals surface area contributed by atoms with E-state index in [2.05, 4.69) is 48.0 Å². The van der Waals surface area contributed by atoms with Crippen LogP contribution in [0, 0.1) is 23.7 Å². The summed E-state index contributed by atoms with van der Waals surface area (Å²) in [5.74, 6) is 3.79. The second kappa shape index (κ2) is 4.60. The van der Waals surface area contributed by atoms with Crippen molar-refractivity contribution < 1.29 is 0 Å². The molecule has 0 nitrogen and oxygen atoms in total. The SMILES string of the molecule is CC(C)Cc1cccc(C23CC4C[C@H](C[C@@H]2C4)C3)c1Br. The van der Waals surface area contributed by atoms with Crippen molar-refractivity contribution in [3.05, 3.63) is 33.8 Å². The van der Waals surface area contributed by atoms with Crippen LogP contribution in [0.15, 0.2) is 22.7 Å². The van der Waals surface area contributed by atoms with Crippen LogP contribution >= 0.6 is 15.9 Å². The minimum Gasteiger partial charge on any atom is -0.0625 e. The minimum atomic E-state index is 0.541. The zero-order chi connectivity index (χ0) is 13.9. The van der Waals surface area contributed by atoms with Gasteiger partial charge in [-0.3, -0.25) is 0 Å². The van der Waals surface area contributed by atoms with Gasteiger partial charge in [-0.25, -0.2) is 0 Å². The van der Waals surface area contributed by atoms with Crippen molar-refractivity contribution in [2.45, 2.75) is 57.8 Å². The lowest BCUT2D eigenvalue weighted by atomic mass is 9.70. The standard InChI is InChI=1S/C19H25Br/c1-12(2)6-15-4-3-5-17(18(15)20)19-10-13-7-14(11-19)9-16(19)8-13/h3-5,12-14,16H,6-11H2,1-2H3/t13-,14?,16-,19?/m1/s1.